The minimum atomic E-state index is -0.421. The Hall–Kier alpha value is -2.21. The Kier molecular flexibility index (Phi) is 4.47. The molecule has 6 nitrogen and oxygen atoms in total. The molecule has 0 fully saturated rings. The molecule has 1 N–H and O–H groups in total. The summed E-state index contributed by atoms with van der Waals surface area (Å²) in [6.45, 7) is 3.42. The lowest BCUT2D eigenvalue weighted by Crippen LogP contribution is -2.13. The van der Waals surface area contributed by atoms with Gasteiger partial charge in [-0.25, -0.2) is 9.78 Å². The lowest BCUT2D eigenvalue weighted by atomic mass is 10.2. The summed E-state index contributed by atoms with van der Waals surface area (Å²) in [5, 5.41) is 7.62. The molecule has 0 spiro atoms. The Balaban J connectivity index is 1.88. The molecule has 0 bridgehead atoms. The topological polar surface area (TPSA) is 69.0 Å². The van der Waals surface area contributed by atoms with Gasteiger partial charge in [-0.05, 0) is 18.6 Å². The largest absolute Gasteiger partial charge is 0.464 e. The van der Waals surface area contributed by atoms with Crippen LogP contribution in [0, 0.1) is 6.92 Å². The zero-order valence-electron chi connectivity index (χ0n) is 11.9. The fourth-order valence-corrected chi connectivity index (χ4v) is 1.92. The van der Waals surface area contributed by atoms with Crippen LogP contribution in [0.2, 0.25) is 0 Å². The van der Waals surface area contributed by atoms with Crippen LogP contribution in [0.25, 0.3) is 0 Å². The second-order valence-corrected chi connectivity index (χ2v) is 4.56. The van der Waals surface area contributed by atoms with Gasteiger partial charge < -0.3 is 10.1 Å². The third kappa shape index (κ3) is 3.42. The van der Waals surface area contributed by atoms with E-state index in [9.17, 15) is 4.79 Å². The number of carbonyl (C=O) groups excluding carboxylic acids is 1. The fraction of sp³-hybridized carbons (Fsp3) is 0.357. The first-order chi connectivity index (χ1) is 9.60. The summed E-state index contributed by atoms with van der Waals surface area (Å²) in [6, 6.07) is 3.53. The average molecular weight is 274 g/mol. The normalized spacial score (nSPS) is 10.6. The monoisotopic (exact) mass is 274 g/mol. The minimum absolute atomic E-state index is 0.319. The molecular weight excluding hydrogens is 256 g/mol. The van der Waals surface area contributed by atoms with Crippen LogP contribution in [0.4, 0.5) is 0 Å². The molecule has 2 aromatic rings. The van der Waals surface area contributed by atoms with Gasteiger partial charge in [0.15, 0.2) is 0 Å². The predicted molar refractivity (Wildman–Crippen MR) is 74.1 cm³/mol. The third-order valence-electron chi connectivity index (χ3n) is 2.98. The lowest BCUT2D eigenvalue weighted by molar-refractivity contribution is 0.0594. The average Bonchev–Trinajstić information content (AvgIpc) is 2.77. The number of pyridine rings is 1. The second-order valence-electron chi connectivity index (χ2n) is 4.56. The van der Waals surface area contributed by atoms with E-state index in [1.165, 1.54) is 12.7 Å². The predicted octanol–water partition coefficient (Wildman–Crippen LogP) is 1.20. The number of ether oxygens (including phenoxy) is 1. The summed E-state index contributed by atoms with van der Waals surface area (Å²) in [5.41, 5.74) is 3.53. The smallest absolute Gasteiger partial charge is 0.356 e. The van der Waals surface area contributed by atoms with E-state index in [0.29, 0.717) is 12.2 Å². The van der Waals surface area contributed by atoms with Gasteiger partial charge in [-0.3, -0.25) is 4.68 Å². The highest BCUT2D eigenvalue weighted by molar-refractivity contribution is 5.86. The molecule has 0 saturated heterocycles. The highest BCUT2D eigenvalue weighted by Gasteiger charge is 2.06. The van der Waals surface area contributed by atoms with Crippen molar-refractivity contribution in [2.75, 3.05) is 7.11 Å². The Morgan fingerprint density at radius 2 is 2.20 bits per heavy atom. The summed E-state index contributed by atoms with van der Waals surface area (Å²) in [4.78, 5) is 15.3. The van der Waals surface area contributed by atoms with Gasteiger partial charge in [0.2, 0.25) is 0 Å². The summed E-state index contributed by atoms with van der Waals surface area (Å²) in [7, 11) is 3.25. The fourth-order valence-electron chi connectivity index (χ4n) is 1.92. The van der Waals surface area contributed by atoms with Crippen molar-refractivity contribution in [1.82, 2.24) is 20.1 Å². The number of hydrogen-bond acceptors (Lipinski definition) is 5. The maximum Gasteiger partial charge on any atom is 0.356 e. The molecule has 2 rings (SSSR count). The number of rotatable bonds is 5. The summed E-state index contributed by atoms with van der Waals surface area (Å²) in [6.07, 6.45) is 3.68. The zero-order valence-corrected chi connectivity index (χ0v) is 11.9. The second kappa shape index (κ2) is 6.29. The van der Waals surface area contributed by atoms with Gasteiger partial charge in [0.05, 0.1) is 12.8 Å². The van der Waals surface area contributed by atoms with E-state index < -0.39 is 5.97 Å². The van der Waals surface area contributed by atoms with E-state index in [0.717, 1.165) is 17.8 Å². The number of esters is 1. The van der Waals surface area contributed by atoms with Gasteiger partial charge in [0, 0.05) is 38.1 Å². The Bertz CT molecular complexity index is 590. The molecule has 0 aromatic carbocycles. The van der Waals surface area contributed by atoms with Gasteiger partial charge >= 0.3 is 5.97 Å². The van der Waals surface area contributed by atoms with Crippen molar-refractivity contribution in [3.8, 4) is 0 Å². The van der Waals surface area contributed by atoms with E-state index >= 15 is 0 Å². The van der Waals surface area contributed by atoms with Gasteiger partial charge in [0.25, 0.3) is 0 Å². The van der Waals surface area contributed by atoms with Crippen LogP contribution in [-0.2, 0) is 24.9 Å². The zero-order chi connectivity index (χ0) is 14.5. The SMILES string of the molecule is COC(=O)c1ccc(CNCc2cn(C)nc2C)cn1. The Labute approximate surface area is 117 Å². The Morgan fingerprint density at radius 1 is 1.40 bits per heavy atom. The molecule has 0 saturated carbocycles. The summed E-state index contributed by atoms with van der Waals surface area (Å²) in [5.74, 6) is -0.421. The summed E-state index contributed by atoms with van der Waals surface area (Å²) < 4.78 is 6.41. The summed E-state index contributed by atoms with van der Waals surface area (Å²) >= 11 is 0. The van der Waals surface area contributed by atoms with Crippen molar-refractivity contribution in [3.05, 3.63) is 47.0 Å². The number of hydrogen-bond donors (Lipinski definition) is 1. The van der Waals surface area contributed by atoms with E-state index in [1.807, 2.05) is 26.2 Å². The maximum absolute atomic E-state index is 11.3. The van der Waals surface area contributed by atoms with Crippen molar-refractivity contribution in [2.24, 2.45) is 7.05 Å². The molecule has 0 unspecified atom stereocenters. The van der Waals surface area contributed by atoms with Crippen LogP contribution in [0.1, 0.15) is 27.3 Å². The highest BCUT2D eigenvalue weighted by atomic mass is 16.5. The van der Waals surface area contributed by atoms with Crippen LogP contribution in [-0.4, -0.2) is 27.8 Å². The molecule has 6 heteroatoms. The van der Waals surface area contributed by atoms with Crippen LogP contribution in [0.15, 0.2) is 24.5 Å². The van der Waals surface area contributed by atoms with E-state index in [-0.39, 0.29) is 0 Å². The van der Waals surface area contributed by atoms with Crippen molar-refractivity contribution < 1.29 is 9.53 Å². The minimum Gasteiger partial charge on any atom is -0.464 e. The first-order valence-electron chi connectivity index (χ1n) is 6.33. The molecule has 0 amide bonds. The molecule has 106 valence electrons. The number of aromatic nitrogens is 3. The van der Waals surface area contributed by atoms with Crippen LogP contribution in [0.5, 0.6) is 0 Å². The number of methoxy groups -OCH3 is 1. The van der Waals surface area contributed by atoms with Crippen LogP contribution < -0.4 is 5.32 Å². The first kappa shape index (κ1) is 14.2. The first-order valence-corrected chi connectivity index (χ1v) is 6.33. The molecule has 0 atom stereocenters. The quantitative estimate of drug-likeness (QED) is 0.830. The van der Waals surface area contributed by atoms with Crippen LogP contribution >= 0.6 is 0 Å². The molecule has 0 radical (unpaired) electrons. The lowest BCUT2D eigenvalue weighted by Gasteiger charge is -2.04. The molecule has 2 aromatic heterocycles. The van der Waals surface area contributed by atoms with Gasteiger partial charge in [-0.2, -0.15) is 5.10 Å². The van der Waals surface area contributed by atoms with Crippen LogP contribution in [0.3, 0.4) is 0 Å². The molecule has 20 heavy (non-hydrogen) atoms. The number of nitrogens with one attached hydrogen (secondary N) is 1. The molecule has 2 heterocycles. The van der Waals surface area contributed by atoms with Crippen molar-refractivity contribution in [1.29, 1.82) is 0 Å². The molecular formula is C14H18N4O2. The van der Waals surface area contributed by atoms with Gasteiger partial charge in [0.1, 0.15) is 5.69 Å². The Morgan fingerprint density at radius 3 is 2.75 bits per heavy atom. The highest BCUT2D eigenvalue weighted by Crippen LogP contribution is 2.05. The maximum atomic E-state index is 11.3. The van der Waals surface area contributed by atoms with E-state index in [2.05, 4.69) is 20.1 Å². The molecule has 0 aliphatic rings. The van der Waals surface area contributed by atoms with Gasteiger partial charge in [-0.1, -0.05) is 6.07 Å². The number of nitrogens with zero attached hydrogens (tertiary/aromatic N) is 3. The third-order valence-corrected chi connectivity index (χ3v) is 2.98. The van der Waals surface area contributed by atoms with Crippen molar-refractivity contribution in [2.45, 2.75) is 20.0 Å². The molecule has 0 aliphatic heterocycles. The van der Waals surface area contributed by atoms with E-state index in [4.69, 9.17) is 0 Å². The molecule has 0 aliphatic carbocycles. The van der Waals surface area contributed by atoms with Crippen molar-refractivity contribution >= 4 is 5.97 Å². The van der Waals surface area contributed by atoms with Crippen molar-refractivity contribution in [3.63, 3.8) is 0 Å². The van der Waals surface area contributed by atoms with E-state index in [1.54, 1.807) is 16.9 Å². The van der Waals surface area contributed by atoms with Gasteiger partial charge in [-0.15, -0.1) is 0 Å². The number of aryl methyl sites for hydroxylation is 2. The standard InChI is InChI=1S/C14H18N4O2/c1-10-12(9-18(2)17-10)8-15-6-11-4-5-13(16-7-11)14(19)20-3/h4-5,7,9,15H,6,8H2,1-3H3. The number of carbonyl (C=O) groups is 1.